The molecule has 15 heavy (non-hydrogen) atoms. The number of piperidine rings is 1. The summed E-state index contributed by atoms with van der Waals surface area (Å²) < 4.78 is 25.9. The normalized spacial score (nSPS) is 23.0. The fourth-order valence-corrected chi connectivity index (χ4v) is 2.40. The van der Waals surface area contributed by atoms with E-state index in [1.807, 2.05) is 0 Å². The molecule has 1 nitrogen and oxygen atoms in total. The highest BCUT2D eigenvalue weighted by atomic mass is 19.3. The first-order valence-corrected chi connectivity index (χ1v) is 5.95. The van der Waals surface area contributed by atoms with Crippen molar-refractivity contribution in [2.75, 3.05) is 19.6 Å². The molecule has 90 valence electrons. The standard InChI is InChI=1S/C12H23F2N/c1-4-5-11(2,3)10-15-8-6-12(13,14)7-9-15/h4-10H2,1-3H3. The lowest BCUT2D eigenvalue weighted by Crippen LogP contribution is -2.43. The molecule has 0 atom stereocenters. The van der Waals surface area contributed by atoms with Crippen molar-refractivity contribution in [1.29, 1.82) is 0 Å². The van der Waals surface area contributed by atoms with E-state index in [-0.39, 0.29) is 18.3 Å². The first kappa shape index (κ1) is 12.9. The molecule has 3 heteroatoms. The first-order chi connectivity index (χ1) is 6.85. The molecule has 0 aromatic carbocycles. The molecule has 1 fully saturated rings. The van der Waals surface area contributed by atoms with Gasteiger partial charge in [0, 0.05) is 32.5 Å². The molecular weight excluding hydrogens is 196 g/mol. The lowest BCUT2D eigenvalue weighted by molar-refractivity contribution is -0.0606. The molecule has 0 amide bonds. The van der Waals surface area contributed by atoms with Gasteiger partial charge in [-0.3, -0.25) is 0 Å². The maximum absolute atomic E-state index is 12.9. The molecule has 0 radical (unpaired) electrons. The molecule has 0 saturated carbocycles. The van der Waals surface area contributed by atoms with E-state index >= 15 is 0 Å². The fourth-order valence-electron chi connectivity index (χ4n) is 2.40. The van der Waals surface area contributed by atoms with Gasteiger partial charge in [-0.15, -0.1) is 0 Å². The van der Waals surface area contributed by atoms with Crippen molar-refractivity contribution in [3.8, 4) is 0 Å². The van der Waals surface area contributed by atoms with E-state index in [1.54, 1.807) is 0 Å². The summed E-state index contributed by atoms with van der Waals surface area (Å²) in [5, 5.41) is 0. The van der Waals surface area contributed by atoms with Crippen LogP contribution in [0.4, 0.5) is 8.78 Å². The summed E-state index contributed by atoms with van der Waals surface area (Å²) >= 11 is 0. The third-order valence-electron chi connectivity index (χ3n) is 3.17. The Balaban J connectivity index is 2.35. The lowest BCUT2D eigenvalue weighted by Gasteiger charge is -2.37. The van der Waals surface area contributed by atoms with Crippen LogP contribution in [0.15, 0.2) is 0 Å². The van der Waals surface area contributed by atoms with Crippen molar-refractivity contribution in [3.63, 3.8) is 0 Å². The van der Waals surface area contributed by atoms with Crippen LogP contribution >= 0.6 is 0 Å². The van der Waals surface area contributed by atoms with Gasteiger partial charge in [0.25, 0.3) is 5.92 Å². The van der Waals surface area contributed by atoms with E-state index in [2.05, 4.69) is 25.7 Å². The Morgan fingerprint density at radius 1 is 1.20 bits per heavy atom. The Kier molecular flexibility index (Phi) is 4.10. The highest BCUT2D eigenvalue weighted by molar-refractivity contribution is 4.81. The van der Waals surface area contributed by atoms with Crippen LogP contribution < -0.4 is 0 Å². The highest BCUT2D eigenvalue weighted by Crippen LogP contribution is 2.30. The Hall–Kier alpha value is -0.180. The summed E-state index contributed by atoms with van der Waals surface area (Å²) in [7, 11) is 0. The summed E-state index contributed by atoms with van der Waals surface area (Å²) in [6.07, 6.45) is 2.40. The second kappa shape index (κ2) is 4.77. The Bertz CT molecular complexity index is 192. The quantitative estimate of drug-likeness (QED) is 0.699. The number of hydrogen-bond acceptors (Lipinski definition) is 1. The van der Waals surface area contributed by atoms with Gasteiger partial charge in [-0.1, -0.05) is 27.2 Å². The number of halogens is 2. The van der Waals surface area contributed by atoms with Crippen LogP contribution in [0.1, 0.15) is 46.5 Å². The molecule has 0 aromatic heterocycles. The molecule has 0 bridgehead atoms. The van der Waals surface area contributed by atoms with Gasteiger partial charge in [0.05, 0.1) is 0 Å². The summed E-state index contributed by atoms with van der Waals surface area (Å²) in [4.78, 5) is 2.19. The van der Waals surface area contributed by atoms with Gasteiger partial charge in [-0.2, -0.15) is 0 Å². The average molecular weight is 219 g/mol. The maximum atomic E-state index is 12.9. The third kappa shape index (κ3) is 4.45. The molecule has 0 aromatic rings. The minimum Gasteiger partial charge on any atom is -0.302 e. The van der Waals surface area contributed by atoms with Gasteiger partial charge in [0.1, 0.15) is 0 Å². The van der Waals surface area contributed by atoms with Gasteiger partial charge < -0.3 is 4.90 Å². The van der Waals surface area contributed by atoms with Gasteiger partial charge in [0.2, 0.25) is 0 Å². The Morgan fingerprint density at radius 3 is 2.20 bits per heavy atom. The van der Waals surface area contributed by atoms with Crippen molar-refractivity contribution < 1.29 is 8.78 Å². The summed E-state index contributed by atoms with van der Waals surface area (Å²) in [5.74, 6) is -2.41. The van der Waals surface area contributed by atoms with Crippen molar-refractivity contribution >= 4 is 0 Å². The van der Waals surface area contributed by atoms with Crippen LogP contribution in [-0.4, -0.2) is 30.5 Å². The van der Waals surface area contributed by atoms with Crippen LogP contribution in [-0.2, 0) is 0 Å². The van der Waals surface area contributed by atoms with E-state index in [9.17, 15) is 8.78 Å². The summed E-state index contributed by atoms with van der Waals surface area (Å²) in [6.45, 7) is 8.69. The molecule has 0 aliphatic carbocycles. The zero-order chi connectivity index (χ0) is 11.5. The summed E-state index contributed by atoms with van der Waals surface area (Å²) in [5.41, 5.74) is 0.265. The Morgan fingerprint density at radius 2 is 1.73 bits per heavy atom. The number of hydrogen-bond donors (Lipinski definition) is 0. The zero-order valence-electron chi connectivity index (χ0n) is 10.2. The van der Waals surface area contributed by atoms with Crippen LogP contribution in [0, 0.1) is 5.41 Å². The number of likely N-dealkylation sites (tertiary alicyclic amines) is 1. The van der Waals surface area contributed by atoms with Crippen molar-refractivity contribution in [2.45, 2.75) is 52.4 Å². The van der Waals surface area contributed by atoms with Crippen LogP contribution in [0.2, 0.25) is 0 Å². The molecule has 1 saturated heterocycles. The Labute approximate surface area is 91.8 Å². The molecule has 1 rings (SSSR count). The summed E-state index contributed by atoms with van der Waals surface area (Å²) in [6, 6.07) is 0. The van der Waals surface area contributed by atoms with Crippen LogP contribution in [0.5, 0.6) is 0 Å². The van der Waals surface area contributed by atoms with Gasteiger partial charge >= 0.3 is 0 Å². The SMILES string of the molecule is CCCC(C)(C)CN1CCC(F)(F)CC1. The topological polar surface area (TPSA) is 3.24 Å². The van der Waals surface area contributed by atoms with Gasteiger partial charge in [-0.05, 0) is 11.8 Å². The van der Waals surface area contributed by atoms with Crippen LogP contribution in [0.3, 0.4) is 0 Å². The second-order valence-corrected chi connectivity index (χ2v) is 5.55. The number of alkyl halides is 2. The lowest BCUT2D eigenvalue weighted by atomic mass is 9.87. The molecule has 1 heterocycles. The fraction of sp³-hybridized carbons (Fsp3) is 1.00. The van der Waals surface area contributed by atoms with Crippen molar-refractivity contribution in [2.24, 2.45) is 5.41 Å². The smallest absolute Gasteiger partial charge is 0.250 e. The number of rotatable bonds is 4. The van der Waals surface area contributed by atoms with Gasteiger partial charge in [0.15, 0.2) is 0 Å². The first-order valence-electron chi connectivity index (χ1n) is 5.95. The molecule has 0 unspecified atom stereocenters. The van der Waals surface area contributed by atoms with E-state index in [1.165, 1.54) is 6.42 Å². The minimum absolute atomic E-state index is 0.0369. The minimum atomic E-state index is -2.41. The van der Waals surface area contributed by atoms with E-state index < -0.39 is 5.92 Å². The molecule has 1 aliphatic heterocycles. The molecule has 1 aliphatic rings. The molecule has 0 spiro atoms. The third-order valence-corrected chi connectivity index (χ3v) is 3.17. The predicted molar refractivity (Wildman–Crippen MR) is 59.3 cm³/mol. The number of nitrogens with zero attached hydrogens (tertiary/aromatic N) is 1. The molecule has 0 N–H and O–H groups in total. The second-order valence-electron chi connectivity index (χ2n) is 5.55. The maximum Gasteiger partial charge on any atom is 0.250 e. The largest absolute Gasteiger partial charge is 0.302 e. The van der Waals surface area contributed by atoms with E-state index in [4.69, 9.17) is 0 Å². The predicted octanol–water partition coefficient (Wildman–Crippen LogP) is 3.54. The zero-order valence-corrected chi connectivity index (χ0v) is 10.2. The average Bonchev–Trinajstić information content (AvgIpc) is 2.08. The van der Waals surface area contributed by atoms with E-state index in [0.717, 1.165) is 13.0 Å². The monoisotopic (exact) mass is 219 g/mol. The van der Waals surface area contributed by atoms with E-state index in [0.29, 0.717) is 13.1 Å². The van der Waals surface area contributed by atoms with Gasteiger partial charge in [-0.25, -0.2) is 8.78 Å². The van der Waals surface area contributed by atoms with Crippen LogP contribution in [0.25, 0.3) is 0 Å². The molecular formula is C12H23F2N. The highest BCUT2D eigenvalue weighted by Gasteiger charge is 2.35. The van der Waals surface area contributed by atoms with Crippen molar-refractivity contribution in [3.05, 3.63) is 0 Å². The van der Waals surface area contributed by atoms with Crippen molar-refractivity contribution in [1.82, 2.24) is 4.90 Å².